The number of hydrogen-bond acceptors (Lipinski definition) is 3. The molecule has 2 unspecified atom stereocenters. The van der Waals surface area contributed by atoms with Gasteiger partial charge in [-0.2, -0.15) is 0 Å². The van der Waals surface area contributed by atoms with Crippen molar-refractivity contribution in [1.29, 1.82) is 0 Å². The number of carbonyl (C=O) groups is 3. The molecule has 0 aliphatic carbocycles. The molecule has 2 atom stereocenters. The lowest BCUT2D eigenvalue weighted by atomic mass is 9.95. The number of hydrogen-bond donors (Lipinski definition) is 2. The van der Waals surface area contributed by atoms with Gasteiger partial charge in [0, 0.05) is 32.7 Å². The molecule has 7 heteroatoms. The molecule has 7 nitrogen and oxygen atoms in total. The Balaban J connectivity index is 1.84. The maximum atomic E-state index is 12.5. The Morgan fingerprint density at radius 1 is 1.08 bits per heavy atom. The minimum absolute atomic E-state index is 0.0400. The first-order valence-electron chi connectivity index (χ1n) is 9.42. The number of amides is 3. The number of carbonyl (C=O) groups excluding carboxylic acids is 2. The molecule has 2 N–H and O–H groups in total. The van der Waals surface area contributed by atoms with Gasteiger partial charge in [-0.3, -0.25) is 9.59 Å². The first-order valence-corrected chi connectivity index (χ1v) is 9.42. The Labute approximate surface area is 149 Å². The SMILES string of the molecule is CC(C)CC(CNC(=O)C1CCCN(C(=O)N2CCCC2)C1)C(=O)O. The van der Waals surface area contributed by atoms with E-state index in [0.29, 0.717) is 19.5 Å². The third kappa shape index (κ3) is 5.61. The van der Waals surface area contributed by atoms with E-state index in [4.69, 9.17) is 0 Å². The standard InChI is InChI=1S/C18H31N3O4/c1-13(2)10-15(17(23)24)11-19-16(22)14-6-5-9-21(12-14)18(25)20-7-3-4-8-20/h13-15H,3-12H2,1-2H3,(H,19,22)(H,23,24). The molecular weight excluding hydrogens is 322 g/mol. The quantitative estimate of drug-likeness (QED) is 0.761. The van der Waals surface area contributed by atoms with E-state index in [-0.39, 0.29) is 30.3 Å². The Morgan fingerprint density at radius 3 is 2.32 bits per heavy atom. The van der Waals surface area contributed by atoms with Crippen LogP contribution < -0.4 is 5.32 Å². The second kappa shape index (κ2) is 9.06. The van der Waals surface area contributed by atoms with Crippen molar-refractivity contribution in [2.75, 3.05) is 32.7 Å². The van der Waals surface area contributed by atoms with Gasteiger partial charge in [-0.15, -0.1) is 0 Å². The fourth-order valence-corrected chi connectivity index (χ4v) is 3.68. The molecule has 0 aromatic rings. The van der Waals surface area contributed by atoms with Crippen LogP contribution in [-0.4, -0.2) is 65.5 Å². The van der Waals surface area contributed by atoms with Crippen LogP contribution in [0.4, 0.5) is 4.79 Å². The van der Waals surface area contributed by atoms with Crippen molar-refractivity contribution in [2.45, 2.75) is 46.0 Å². The van der Waals surface area contributed by atoms with Gasteiger partial charge in [0.1, 0.15) is 0 Å². The molecule has 0 aromatic heterocycles. The second-order valence-corrected chi connectivity index (χ2v) is 7.67. The van der Waals surface area contributed by atoms with Crippen molar-refractivity contribution in [2.24, 2.45) is 17.8 Å². The van der Waals surface area contributed by atoms with Gasteiger partial charge in [-0.05, 0) is 38.0 Å². The number of carboxylic acids is 1. The van der Waals surface area contributed by atoms with Crippen LogP contribution in [0.2, 0.25) is 0 Å². The molecule has 2 heterocycles. The van der Waals surface area contributed by atoms with Gasteiger partial charge < -0.3 is 20.2 Å². The van der Waals surface area contributed by atoms with Crippen LogP contribution in [0.1, 0.15) is 46.0 Å². The molecule has 25 heavy (non-hydrogen) atoms. The highest BCUT2D eigenvalue weighted by atomic mass is 16.4. The van der Waals surface area contributed by atoms with Crippen molar-refractivity contribution in [1.82, 2.24) is 15.1 Å². The summed E-state index contributed by atoms with van der Waals surface area (Å²) < 4.78 is 0. The second-order valence-electron chi connectivity index (χ2n) is 7.67. The van der Waals surface area contributed by atoms with Gasteiger partial charge in [0.05, 0.1) is 11.8 Å². The average molecular weight is 353 g/mol. The lowest BCUT2D eigenvalue weighted by Crippen LogP contribution is -2.50. The fourth-order valence-electron chi connectivity index (χ4n) is 3.68. The molecule has 2 saturated heterocycles. The Morgan fingerprint density at radius 2 is 1.72 bits per heavy atom. The van der Waals surface area contributed by atoms with E-state index in [0.717, 1.165) is 38.8 Å². The Kier molecular flexibility index (Phi) is 7.08. The third-order valence-electron chi connectivity index (χ3n) is 5.07. The Hall–Kier alpha value is -1.79. The maximum Gasteiger partial charge on any atom is 0.320 e. The van der Waals surface area contributed by atoms with E-state index in [9.17, 15) is 19.5 Å². The van der Waals surface area contributed by atoms with Gasteiger partial charge in [-0.1, -0.05) is 13.8 Å². The number of carboxylic acid groups (broad SMARTS) is 1. The van der Waals surface area contributed by atoms with Crippen LogP contribution in [-0.2, 0) is 9.59 Å². The Bertz CT molecular complexity index is 489. The van der Waals surface area contributed by atoms with Crippen LogP contribution in [0.25, 0.3) is 0 Å². The van der Waals surface area contributed by atoms with Crippen LogP contribution in [0, 0.1) is 17.8 Å². The zero-order valence-corrected chi connectivity index (χ0v) is 15.4. The van der Waals surface area contributed by atoms with Crippen molar-refractivity contribution in [3.63, 3.8) is 0 Å². The molecule has 0 saturated carbocycles. The minimum Gasteiger partial charge on any atom is -0.481 e. The van der Waals surface area contributed by atoms with E-state index >= 15 is 0 Å². The van der Waals surface area contributed by atoms with Crippen LogP contribution in [0.3, 0.4) is 0 Å². The lowest BCUT2D eigenvalue weighted by Gasteiger charge is -2.34. The number of nitrogens with one attached hydrogen (secondary N) is 1. The first-order chi connectivity index (χ1) is 11.9. The van der Waals surface area contributed by atoms with Gasteiger partial charge in [0.15, 0.2) is 0 Å². The summed E-state index contributed by atoms with van der Waals surface area (Å²) in [5.74, 6) is -1.54. The summed E-state index contributed by atoms with van der Waals surface area (Å²) in [7, 11) is 0. The molecular formula is C18H31N3O4. The molecule has 2 rings (SSSR count). The lowest BCUT2D eigenvalue weighted by molar-refractivity contribution is -0.142. The molecule has 2 fully saturated rings. The predicted molar refractivity (Wildman–Crippen MR) is 94.1 cm³/mol. The monoisotopic (exact) mass is 353 g/mol. The van der Waals surface area contributed by atoms with Crippen molar-refractivity contribution in [3.05, 3.63) is 0 Å². The maximum absolute atomic E-state index is 12.5. The highest BCUT2D eigenvalue weighted by Gasteiger charge is 2.32. The summed E-state index contributed by atoms with van der Waals surface area (Å²) in [4.78, 5) is 39.9. The molecule has 0 aromatic carbocycles. The number of nitrogens with zero attached hydrogens (tertiary/aromatic N) is 2. The zero-order chi connectivity index (χ0) is 18.4. The van der Waals surface area contributed by atoms with E-state index in [2.05, 4.69) is 5.32 Å². The average Bonchev–Trinajstić information content (AvgIpc) is 3.11. The predicted octanol–water partition coefficient (Wildman–Crippen LogP) is 1.78. The highest BCUT2D eigenvalue weighted by molar-refractivity contribution is 5.81. The smallest absolute Gasteiger partial charge is 0.320 e. The molecule has 142 valence electrons. The van der Waals surface area contributed by atoms with Crippen molar-refractivity contribution < 1.29 is 19.5 Å². The highest BCUT2D eigenvalue weighted by Crippen LogP contribution is 2.20. The normalized spacial score (nSPS) is 22.1. The number of aliphatic carboxylic acids is 1. The van der Waals surface area contributed by atoms with E-state index in [1.165, 1.54) is 0 Å². The number of piperidine rings is 1. The fraction of sp³-hybridized carbons (Fsp3) is 0.833. The summed E-state index contributed by atoms with van der Waals surface area (Å²) in [6.07, 6.45) is 4.20. The van der Waals surface area contributed by atoms with Gasteiger partial charge in [0.25, 0.3) is 0 Å². The van der Waals surface area contributed by atoms with Crippen LogP contribution in [0.5, 0.6) is 0 Å². The van der Waals surface area contributed by atoms with Gasteiger partial charge in [0.2, 0.25) is 5.91 Å². The topological polar surface area (TPSA) is 90.0 Å². The summed E-state index contributed by atoms with van der Waals surface area (Å²) >= 11 is 0. The number of likely N-dealkylation sites (tertiary alicyclic amines) is 2. The first kappa shape index (κ1) is 19.5. The number of urea groups is 1. The van der Waals surface area contributed by atoms with Gasteiger partial charge >= 0.3 is 12.0 Å². The molecule has 2 aliphatic heterocycles. The van der Waals surface area contributed by atoms with Crippen LogP contribution in [0.15, 0.2) is 0 Å². The molecule has 3 amide bonds. The minimum atomic E-state index is -0.872. The summed E-state index contributed by atoms with van der Waals surface area (Å²) in [6.45, 7) is 6.85. The zero-order valence-electron chi connectivity index (χ0n) is 15.4. The molecule has 2 aliphatic rings. The van der Waals surface area contributed by atoms with E-state index in [1.54, 1.807) is 4.90 Å². The summed E-state index contributed by atoms with van der Waals surface area (Å²) in [5.41, 5.74) is 0. The largest absolute Gasteiger partial charge is 0.481 e. The van der Waals surface area contributed by atoms with E-state index < -0.39 is 11.9 Å². The van der Waals surface area contributed by atoms with Crippen LogP contribution >= 0.6 is 0 Å². The third-order valence-corrected chi connectivity index (χ3v) is 5.07. The summed E-state index contributed by atoms with van der Waals surface area (Å²) in [5, 5.41) is 12.1. The molecule has 0 spiro atoms. The van der Waals surface area contributed by atoms with Crippen molar-refractivity contribution in [3.8, 4) is 0 Å². The summed E-state index contributed by atoms with van der Waals surface area (Å²) in [6, 6.07) is 0.0400. The van der Waals surface area contributed by atoms with Gasteiger partial charge in [-0.25, -0.2) is 4.79 Å². The molecule has 0 bridgehead atoms. The number of rotatable bonds is 6. The molecule has 0 radical (unpaired) electrons. The van der Waals surface area contributed by atoms with E-state index in [1.807, 2.05) is 18.7 Å². The van der Waals surface area contributed by atoms with Crippen molar-refractivity contribution >= 4 is 17.9 Å².